The van der Waals surface area contributed by atoms with E-state index in [4.69, 9.17) is 0 Å². The highest BCUT2D eigenvalue weighted by molar-refractivity contribution is 9.10. The van der Waals surface area contributed by atoms with Crippen LogP contribution >= 0.6 is 15.9 Å². The molecule has 0 spiro atoms. The number of nitrogens with zero attached hydrogens (tertiary/aromatic N) is 1. The zero-order valence-corrected chi connectivity index (χ0v) is 16.5. The molecule has 0 aliphatic carbocycles. The first-order valence-electron chi connectivity index (χ1n) is 8.41. The van der Waals surface area contributed by atoms with E-state index in [9.17, 15) is 19.1 Å². The van der Waals surface area contributed by atoms with Crippen LogP contribution in [0.5, 0.6) is 5.75 Å². The molecule has 0 bridgehead atoms. The van der Waals surface area contributed by atoms with Crippen molar-refractivity contribution < 1.29 is 19.1 Å². The summed E-state index contributed by atoms with van der Waals surface area (Å²) in [6, 6.07) is 16.2. The van der Waals surface area contributed by atoms with Gasteiger partial charge < -0.3 is 10.4 Å². The first kappa shape index (κ1) is 20.2. The second-order valence-corrected chi connectivity index (χ2v) is 6.86. The van der Waals surface area contributed by atoms with Crippen LogP contribution in [0.15, 0.2) is 76.3 Å². The molecule has 0 saturated carbocycles. The Hall–Kier alpha value is -3.52. The van der Waals surface area contributed by atoms with Gasteiger partial charge in [-0.2, -0.15) is 5.10 Å². The number of carbonyl (C=O) groups is 2. The summed E-state index contributed by atoms with van der Waals surface area (Å²) in [5.41, 5.74) is 3.76. The number of anilines is 1. The van der Waals surface area contributed by atoms with Gasteiger partial charge in [0.25, 0.3) is 11.8 Å². The first-order valence-corrected chi connectivity index (χ1v) is 9.20. The number of rotatable bonds is 5. The number of phenols is 1. The van der Waals surface area contributed by atoms with E-state index in [0.717, 1.165) is 4.47 Å². The Bertz CT molecular complexity index is 1080. The highest BCUT2D eigenvalue weighted by atomic mass is 79.9. The van der Waals surface area contributed by atoms with Crippen LogP contribution in [0.4, 0.5) is 10.1 Å². The molecule has 0 radical (unpaired) electrons. The Kier molecular flexibility index (Phi) is 6.36. The Morgan fingerprint density at radius 3 is 2.48 bits per heavy atom. The van der Waals surface area contributed by atoms with E-state index < -0.39 is 17.6 Å². The monoisotopic (exact) mass is 455 g/mol. The standard InChI is InChI=1S/C21H15BrFN3O3/c22-16-6-9-19(27)15(10-16)12-24-26-21(29)14-2-1-3-18(11-14)25-20(28)13-4-7-17(23)8-5-13/h1-12,27H,(H,25,28)(H,26,29)/b24-12+. The molecule has 3 rings (SSSR count). The summed E-state index contributed by atoms with van der Waals surface area (Å²) in [4.78, 5) is 24.5. The quantitative estimate of drug-likeness (QED) is 0.395. The number of hydrogen-bond acceptors (Lipinski definition) is 4. The lowest BCUT2D eigenvalue weighted by Gasteiger charge is -2.07. The molecule has 3 N–H and O–H groups in total. The van der Waals surface area contributed by atoms with Crippen LogP contribution in [0.3, 0.4) is 0 Å². The number of aromatic hydroxyl groups is 1. The molecule has 0 heterocycles. The zero-order chi connectivity index (χ0) is 20.8. The van der Waals surface area contributed by atoms with Gasteiger partial charge in [-0.05, 0) is 60.7 Å². The largest absolute Gasteiger partial charge is 0.507 e. The number of hydrazone groups is 1. The van der Waals surface area contributed by atoms with Gasteiger partial charge in [-0.15, -0.1) is 0 Å². The third-order valence-electron chi connectivity index (χ3n) is 3.85. The smallest absolute Gasteiger partial charge is 0.271 e. The molecule has 146 valence electrons. The van der Waals surface area contributed by atoms with Crippen LogP contribution in [0.25, 0.3) is 0 Å². The molecule has 29 heavy (non-hydrogen) atoms. The molecule has 0 atom stereocenters. The second kappa shape index (κ2) is 9.11. The molecule has 8 heteroatoms. The van der Waals surface area contributed by atoms with Gasteiger partial charge in [0, 0.05) is 26.9 Å². The van der Waals surface area contributed by atoms with E-state index in [1.165, 1.54) is 42.6 Å². The van der Waals surface area contributed by atoms with Gasteiger partial charge in [0.1, 0.15) is 11.6 Å². The minimum atomic E-state index is -0.492. The van der Waals surface area contributed by atoms with Crippen molar-refractivity contribution in [2.75, 3.05) is 5.32 Å². The molecule has 0 aliphatic heterocycles. The minimum Gasteiger partial charge on any atom is -0.507 e. The van der Waals surface area contributed by atoms with Crippen molar-refractivity contribution >= 4 is 39.6 Å². The van der Waals surface area contributed by atoms with Crippen LogP contribution < -0.4 is 10.7 Å². The van der Waals surface area contributed by atoms with Crippen LogP contribution in [0, 0.1) is 5.82 Å². The van der Waals surface area contributed by atoms with Gasteiger partial charge in [0.05, 0.1) is 6.21 Å². The second-order valence-electron chi connectivity index (χ2n) is 5.94. The fourth-order valence-electron chi connectivity index (χ4n) is 2.40. The molecule has 0 unspecified atom stereocenters. The number of carbonyl (C=O) groups excluding carboxylic acids is 2. The summed E-state index contributed by atoms with van der Waals surface area (Å²) in [5, 5.41) is 16.2. The van der Waals surface area contributed by atoms with Crippen molar-refractivity contribution in [1.82, 2.24) is 5.43 Å². The predicted octanol–water partition coefficient (Wildman–Crippen LogP) is 4.31. The molecule has 0 fully saturated rings. The van der Waals surface area contributed by atoms with Crippen molar-refractivity contribution in [2.45, 2.75) is 0 Å². The van der Waals surface area contributed by atoms with Crippen LogP contribution in [-0.4, -0.2) is 23.1 Å². The summed E-state index contributed by atoms with van der Waals surface area (Å²) in [5.74, 6) is -1.33. The minimum absolute atomic E-state index is 0.0247. The molecule has 3 aromatic carbocycles. The van der Waals surface area contributed by atoms with Crippen LogP contribution in [0.1, 0.15) is 26.3 Å². The normalized spacial score (nSPS) is 10.7. The van der Waals surface area contributed by atoms with E-state index in [1.54, 1.807) is 30.3 Å². The van der Waals surface area contributed by atoms with Crippen molar-refractivity contribution in [2.24, 2.45) is 5.10 Å². The molecular formula is C21H15BrFN3O3. The van der Waals surface area contributed by atoms with Crippen LogP contribution in [0.2, 0.25) is 0 Å². The van der Waals surface area contributed by atoms with Gasteiger partial charge in [0.2, 0.25) is 0 Å². The average Bonchev–Trinajstić information content (AvgIpc) is 2.71. The van der Waals surface area contributed by atoms with Crippen molar-refractivity contribution in [3.05, 3.63) is 93.7 Å². The molecule has 6 nitrogen and oxygen atoms in total. The van der Waals surface area contributed by atoms with E-state index in [1.807, 2.05) is 0 Å². The average molecular weight is 456 g/mol. The number of amides is 2. The molecular weight excluding hydrogens is 441 g/mol. The summed E-state index contributed by atoms with van der Waals surface area (Å²) in [7, 11) is 0. The Morgan fingerprint density at radius 1 is 0.966 bits per heavy atom. The topological polar surface area (TPSA) is 90.8 Å². The predicted molar refractivity (Wildman–Crippen MR) is 112 cm³/mol. The van der Waals surface area contributed by atoms with Gasteiger partial charge in [0.15, 0.2) is 0 Å². The fraction of sp³-hybridized carbons (Fsp3) is 0. The van der Waals surface area contributed by atoms with Crippen molar-refractivity contribution in [3.63, 3.8) is 0 Å². The van der Waals surface area contributed by atoms with Crippen molar-refractivity contribution in [1.29, 1.82) is 0 Å². The lowest BCUT2D eigenvalue weighted by atomic mass is 10.1. The Labute approximate surface area is 174 Å². The molecule has 0 saturated heterocycles. The SMILES string of the molecule is O=C(N/N=C/c1cc(Br)ccc1O)c1cccc(NC(=O)c2ccc(F)cc2)c1. The first-order chi connectivity index (χ1) is 13.9. The van der Waals surface area contributed by atoms with Gasteiger partial charge in [-0.3, -0.25) is 9.59 Å². The molecule has 0 aliphatic rings. The zero-order valence-electron chi connectivity index (χ0n) is 14.9. The number of benzene rings is 3. The number of halogens is 2. The van der Waals surface area contributed by atoms with Gasteiger partial charge >= 0.3 is 0 Å². The maximum absolute atomic E-state index is 13.0. The van der Waals surface area contributed by atoms with Gasteiger partial charge in [-0.25, -0.2) is 9.82 Å². The lowest BCUT2D eigenvalue weighted by Crippen LogP contribution is -2.18. The summed E-state index contributed by atoms with van der Waals surface area (Å²) < 4.78 is 13.7. The Morgan fingerprint density at radius 2 is 1.72 bits per heavy atom. The maximum atomic E-state index is 13.0. The maximum Gasteiger partial charge on any atom is 0.271 e. The van der Waals surface area contributed by atoms with Gasteiger partial charge in [-0.1, -0.05) is 22.0 Å². The summed E-state index contributed by atoms with van der Waals surface area (Å²) in [6.45, 7) is 0. The number of phenolic OH excluding ortho intramolecular Hbond substituents is 1. The summed E-state index contributed by atoms with van der Waals surface area (Å²) in [6.07, 6.45) is 1.32. The molecule has 0 aromatic heterocycles. The van der Waals surface area contributed by atoms with Crippen LogP contribution in [-0.2, 0) is 0 Å². The summed E-state index contributed by atoms with van der Waals surface area (Å²) >= 11 is 3.29. The third-order valence-corrected chi connectivity index (χ3v) is 4.34. The van der Waals surface area contributed by atoms with E-state index in [0.29, 0.717) is 16.8 Å². The Balaban J connectivity index is 1.66. The molecule has 3 aromatic rings. The number of nitrogens with one attached hydrogen (secondary N) is 2. The van der Waals surface area contributed by atoms with Crippen molar-refractivity contribution in [3.8, 4) is 5.75 Å². The highest BCUT2D eigenvalue weighted by Gasteiger charge is 2.09. The van der Waals surface area contributed by atoms with E-state index >= 15 is 0 Å². The molecule has 2 amide bonds. The highest BCUT2D eigenvalue weighted by Crippen LogP contribution is 2.20. The lowest BCUT2D eigenvalue weighted by molar-refractivity contribution is 0.0953. The fourth-order valence-corrected chi connectivity index (χ4v) is 2.78. The van der Waals surface area contributed by atoms with E-state index in [-0.39, 0.29) is 11.3 Å². The van der Waals surface area contributed by atoms with E-state index in [2.05, 4.69) is 31.8 Å². The third kappa shape index (κ3) is 5.49. The number of hydrogen-bond donors (Lipinski definition) is 3.